The molecular formula is C18H28N2O. The lowest BCUT2D eigenvalue weighted by Crippen LogP contribution is -2.52. The van der Waals surface area contributed by atoms with Gasteiger partial charge in [-0.05, 0) is 45.4 Å². The van der Waals surface area contributed by atoms with Crippen LogP contribution < -0.4 is 0 Å². The quantitative estimate of drug-likeness (QED) is 0.796. The third kappa shape index (κ3) is 3.72. The molecule has 1 aliphatic rings. The Labute approximate surface area is 128 Å². The number of hydrogen-bond acceptors (Lipinski definition) is 3. The van der Waals surface area contributed by atoms with Gasteiger partial charge < -0.3 is 4.90 Å². The van der Waals surface area contributed by atoms with Gasteiger partial charge in [0.15, 0.2) is 5.78 Å². The van der Waals surface area contributed by atoms with Gasteiger partial charge in [0.25, 0.3) is 0 Å². The van der Waals surface area contributed by atoms with Gasteiger partial charge in [0, 0.05) is 31.2 Å². The van der Waals surface area contributed by atoms with E-state index in [4.69, 9.17) is 0 Å². The summed E-state index contributed by atoms with van der Waals surface area (Å²) in [6.45, 7) is 12.0. The van der Waals surface area contributed by atoms with E-state index >= 15 is 0 Å². The van der Waals surface area contributed by atoms with Crippen LogP contribution in [-0.4, -0.2) is 54.9 Å². The van der Waals surface area contributed by atoms with Gasteiger partial charge in [-0.1, -0.05) is 24.6 Å². The molecule has 21 heavy (non-hydrogen) atoms. The van der Waals surface area contributed by atoms with Crippen molar-refractivity contribution in [3.63, 3.8) is 0 Å². The molecule has 0 bridgehead atoms. The van der Waals surface area contributed by atoms with Gasteiger partial charge in [-0.2, -0.15) is 0 Å². The molecule has 1 saturated heterocycles. The first-order chi connectivity index (χ1) is 9.92. The second-order valence-corrected chi connectivity index (χ2v) is 6.47. The Hall–Kier alpha value is -1.19. The Morgan fingerprint density at radius 1 is 1.19 bits per heavy atom. The van der Waals surface area contributed by atoms with Crippen molar-refractivity contribution in [3.8, 4) is 0 Å². The first kappa shape index (κ1) is 16.2. The number of carbonyl (C=O) groups excluding carboxylic acids is 1. The molecule has 1 aromatic rings. The summed E-state index contributed by atoms with van der Waals surface area (Å²) in [5.41, 5.74) is 4.37. The highest BCUT2D eigenvalue weighted by atomic mass is 16.1. The van der Waals surface area contributed by atoms with Crippen LogP contribution in [0, 0.1) is 20.8 Å². The summed E-state index contributed by atoms with van der Waals surface area (Å²) < 4.78 is 0. The maximum atomic E-state index is 12.7. The second kappa shape index (κ2) is 6.71. The van der Waals surface area contributed by atoms with E-state index in [9.17, 15) is 4.79 Å². The SMILES string of the molecule is CCC1CN(CC(=O)c2c(C)cc(C)cc2C)CCN1C. The van der Waals surface area contributed by atoms with E-state index in [0.29, 0.717) is 12.6 Å². The normalized spacial score (nSPS) is 20.7. The lowest BCUT2D eigenvalue weighted by molar-refractivity contribution is 0.0742. The van der Waals surface area contributed by atoms with E-state index in [2.05, 4.69) is 42.8 Å². The van der Waals surface area contributed by atoms with Crippen LogP contribution in [0.15, 0.2) is 12.1 Å². The monoisotopic (exact) mass is 288 g/mol. The molecule has 0 aromatic heterocycles. The van der Waals surface area contributed by atoms with Crippen molar-refractivity contribution in [3.05, 3.63) is 34.4 Å². The van der Waals surface area contributed by atoms with Crippen LogP contribution >= 0.6 is 0 Å². The zero-order chi connectivity index (χ0) is 15.6. The Kier molecular flexibility index (Phi) is 5.17. The van der Waals surface area contributed by atoms with E-state index in [0.717, 1.165) is 42.7 Å². The van der Waals surface area contributed by atoms with E-state index < -0.39 is 0 Å². The molecule has 2 rings (SSSR count). The number of hydrogen-bond donors (Lipinski definition) is 0. The fraction of sp³-hybridized carbons (Fsp3) is 0.611. The third-order valence-corrected chi connectivity index (χ3v) is 4.66. The molecule has 3 nitrogen and oxygen atoms in total. The largest absolute Gasteiger partial charge is 0.301 e. The zero-order valence-corrected chi connectivity index (χ0v) is 14.1. The lowest BCUT2D eigenvalue weighted by atomic mass is 9.96. The molecule has 0 saturated carbocycles. The maximum absolute atomic E-state index is 12.7. The van der Waals surface area contributed by atoms with Crippen LogP contribution in [0.5, 0.6) is 0 Å². The van der Waals surface area contributed by atoms with Crippen LogP contribution in [0.4, 0.5) is 0 Å². The molecule has 1 unspecified atom stereocenters. The van der Waals surface area contributed by atoms with Crippen LogP contribution in [-0.2, 0) is 0 Å². The summed E-state index contributed by atoms with van der Waals surface area (Å²) in [4.78, 5) is 17.4. The fourth-order valence-electron chi connectivity index (χ4n) is 3.50. The summed E-state index contributed by atoms with van der Waals surface area (Å²) in [5.74, 6) is 0.268. The Bertz CT molecular complexity index is 501. The van der Waals surface area contributed by atoms with E-state index in [1.165, 1.54) is 5.56 Å². The number of rotatable bonds is 4. The number of nitrogens with zero attached hydrogens (tertiary/aromatic N) is 2. The standard InChI is InChI=1S/C18H28N2O/c1-6-16-11-20(8-7-19(16)5)12-17(21)18-14(3)9-13(2)10-15(18)4/h9-10,16H,6-8,11-12H2,1-5H3. The average Bonchev–Trinajstić information content (AvgIpc) is 2.39. The minimum atomic E-state index is 0.268. The molecule has 1 atom stereocenters. The summed E-state index contributed by atoms with van der Waals surface area (Å²) >= 11 is 0. The number of ketones is 1. The molecule has 0 radical (unpaired) electrons. The van der Waals surface area contributed by atoms with Crippen molar-refractivity contribution in [2.75, 3.05) is 33.2 Å². The third-order valence-electron chi connectivity index (χ3n) is 4.66. The van der Waals surface area contributed by atoms with Crippen molar-refractivity contribution >= 4 is 5.78 Å². The fourth-order valence-corrected chi connectivity index (χ4v) is 3.50. The van der Waals surface area contributed by atoms with Crippen LogP contribution in [0.25, 0.3) is 0 Å². The number of carbonyl (C=O) groups is 1. The predicted molar refractivity (Wildman–Crippen MR) is 88.1 cm³/mol. The Balaban J connectivity index is 2.09. The highest BCUT2D eigenvalue weighted by molar-refractivity contribution is 6.00. The zero-order valence-electron chi connectivity index (χ0n) is 14.1. The van der Waals surface area contributed by atoms with Crippen LogP contribution in [0.3, 0.4) is 0 Å². The Morgan fingerprint density at radius 2 is 1.81 bits per heavy atom. The van der Waals surface area contributed by atoms with Gasteiger partial charge in [0.05, 0.1) is 6.54 Å². The number of aryl methyl sites for hydroxylation is 3. The number of benzene rings is 1. The van der Waals surface area contributed by atoms with E-state index in [1.807, 2.05) is 13.8 Å². The molecule has 0 aliphatic carbocycles. The Morgan fingerprint density at radius 3 is 2.38 bits per heavy atom. The molecule has 116 valence electrons. The molecule has 1 aliphatic heterocycles. The van der Waals surface area contributed by atoms with Gasteiger partial charge in [-0.15, -0.1) is 0 Å². The first-order valence-electron chi connectivity index (χ1n) is 7.96. The smallest absolute Gasteiger partial charge is 0.177 e. The summed E-state index contributed by atoms with van der Waals surface area (Å²) in [7, 11) is 2.18. The number of likely N-dealkylation sites (N-methyl/N-ethyl adjacent to an activating group) is 1. The molecule has 1 aromatic carbocycles. The predicted octanol–water partition coefficient (Wildman–Crippen LogP) is 2.82. The summed E-state index contributed by atoms with van der Waals surface area (Å²) in [6.07, 6.45) is 1.14. The average molecular weight is 288 g/mol. The lowest BCUT2D eigenvalue weighted by Gasteiger charge is -2.38. The van der Waals surface area contributed by atoms with Gasteiger partial charge in [0.1, 0.15) is 0 Å². The van der Waals surface area contributed by atoms with Crippen molar-refractivity contribution < 1.29 is 4.79 Å². The molecule has 1 fully saturated rings. The summed E-state index contributed by atoms with van der Waals surface area (Å²) in [6, 6.07) is 4.80. The van der Waals surface area contributed by atoms with Crippen molar-refractivity contribution in [2.24, 2.45) is 0 Å². The second-order valence-electron chi connectivity index (χ2n) is 6.47. The van der Waals surface area contributed by atoms with E-state index in [1.54, 1.807) is 0 Å². The molecule has 1 heterocycles. The van der Waals surface area contributed by atoms with Crippen LogP contribution in [0.1, 0.15) is 40.4 Å². The number of piperazine rings is 1. The minimum absolute atomic E-state index is 0.268. The molecule has 0 N–H and O–H groups in total. The van der Waals surface area contributed by atoms with Gasteiger partial charge in [-0.25, -0.2) is 0 Å². The molecule has 0 spiro atoms. The van der Waals surface area contributed by atoms with E-state index in [-0.39, 0.29) is 5.78 Å². The van der Waals surface area contributed by atoms with Gasteiger partial charge in [-0.3, -0.25) is 9.69 Å². The topological polar surface area (TPSA) is 23.6 Å². The molecular weight excluding hydrogens is 260 g/mol. The van der Waals surface area contributed by atoms with Crippen molar-refractivity contribution in [1.29, 1.82) is 0 Å². The summed E-state index contributed by atoms with van der Waals surface area (Å²) in [5, 5.41) is 0. The van der Waals surface area contributed by atoms with Gasteiger partial charge >= 0.3 is 0 Å². The minimum Gasteiger partial charge on any atom is -0.301 e. The van der Waals surface area contributed by atoms with Gasteiger partial charge in [0.2, 0.25) is 0 Å². The highest BCUT2D eigenvalue weighted by Crippen LogP contribution is 2.18. The molecule has 0 amide bonds. The van der Waals surface area contributed by atoms with Crippen LogP contribution in [0.2, 0.25) is 0 Å². The highest BCUT2D eigenvalue weighted by Gasteiger charge is 2.25. The maximum Gasteiger partial charge on any atom is 0.177 e. The van der Waals surface area contributed by atoms with Crippen molar-refractivity contribution in [2.45, 2.75) is 40.2 Å². The first-order valence-corrected chi connectivity index (χ1v) is 7.96. The van der Waals surface area contributed by atoms with Crippen molar-refractivity contribution in [1.82, 2.24) is 9.80 Å². The number of Topliss-reactive ketones (excluding diaryl/α,β-unsaturated/α-hetero) is 1. The molecule has 3 heteroatoms.